The number of carbonyl (C=O) groups excluding carboxylic acids is 2. The van der Waals surface area contributed by atoms with Crippen LogP contribution in [-0.2, 0) is 22.5 Å². The summed E-state index contributed by atoms with van der Waals surface area (Å²) in [6, 6.07) is 10.4. The van der Waals surface area contributed by atoms with Crippen molar-refractivity contribution in [3.8, 4) is 6.01 Å². The van der Waals surface area contributed by atoms with E-state index in [1.807, 2.05) is 4.90 Å². The predicted octanol–water partition coefficient (Wildman–Crippen LogP) is 1.31. The van der Waals surface area contributed by atoms with Gasteiger partial charge in [0, 0.05) is 64.3 Å². The maximum atomic E-state index is 13.6. The average Bonchev–Trinajstić information content (AvgIpc) is 2.94. The SMILES string of the molecule is CC(=O)N1CCC(Nc2cc(C(=O)N3CC[C@@H](N4CCc5ccccc5C4)[C@H](O)C3)nc(OC3COC3)n2)CC1. The molecule has 11 nitrogen and oxygen atoms in total. The lowest BCUT2D eigenvalue weighted by molar-refractivity contribution is -0.129. The Morgan fingerprint density at radius 1 is 1.02 bits per heavy atom. The highest BCUT2D eigenvalue weighted by atomic mass is 16.6. The maximum Gasteiger partial charge on any atom is 0.319 e. The molecule has 2 atom stereocenters. The first-order valence-corrected chi connectivity index (χ1v) is 14.4. The lowest BCUT2D eigenvalue weighted by atomic mass is 9.94. The van der Waals surface area contributed by atoms with Gasteiger partial charge in [-0.2, -0.15) is 9.97 Å². The minimum Gasteiger partial charge on any atom is -0.455 e. The van der Waals surface area contributed by atoms with Crippen LogP contribution >= 0.6 is 0 Å². The summed E-state index contributed by atoms with van der Waals surface area (Å²) in [5.41, 5.74) is 2.94. The molecule has 0 bridgehead atoms. The number of anilines is 1. The molecule has 0 saturated carbocycles. The molecule has 2 aromatic rings. The van der Waals surface area contributed by atoms with Crippen molar-refractivity contribution in [3.05, 3.63) is 47.2 Å². The van der Waals surface area contributed by atoms with E-state index in [4.69, 9.17) is 9.47 Å². The van der Waals surface area contributed by atoms with Crippen LogP contribution in [0.5, 0.6) is 6.01 Å². The normalized spacial score (nSPS) is 24.2. The molecule has 4 aliphatic rings. The summed E-state index contributed by atoms with van der Waals surface area (Å²) in [4.78, 5) is 40.2. The summed E-state index contributed by atoms with van der Waals surface area (Å²) in [6.45, 7) is 6.42. The molecule has 3 saturated heterocycles. The number of nitrogens with one attached hydrogen (secondary N) is 1. The van der Waals surface area contributed by atoms with Crippen molar-refractivity contribution in [2.75, 3.05) is 51.3 Å². The summed E-state index contributed by atoms with van der Waals surface area (Å²) >= 11 is 0. The van der Waals surface area contributed by atoms with Crippen LogP contribution < -0.4 is 10.1 Å². The number of likely N-dealkylation sites (tertiary alicyclic amines) is 2. The first-order valence-electron chi connectivity index (χ1n) is 14.4. The van der Waals surface area contributed by atoms with Crippen LogP contribution in [0.25, 0.3) is 0 Å². The molecule has 1 aromatic heterocycles. The van der Waals surface area contributed by atoms with Crippen LogP contribution in [-0.4, -0.2) is 112 Å². The number of aliphatic hydroxyl groups is 1. The highest BCUT2D eigenvalue weighted by Crippen LogP contribution is 2.27. The van der Waals surface area contributed by atoms with Crippen LogP contribution in [0.4, 0.5) is 5.82 Å². The number of fused-ring (bicyclic) bond motifs is 1. The lowest BCUT2D eigenvalue weighted by Crippen LogP contribution is -2.56. The first-order chi connectivity index (χ1) is 19.4. The second-order valence-electron chi connectivity index (χ2n) is 11.3. The maximum absolute atomic E-state index is 13.6. The van der Waals surface area contributed by atoms with Crippen LogP contribution in [0.2, 0.25) is 0 Å². The van der Waals surface area contributed by atoms with Gasteiger partial charge in [-0.25, -0.2) is 0 Å². The van der Waals surface area contributed by atoms with Gasteiger partial charge in [0.1, 0.15) is 17.6 Å². The van der Waals surface area contributed by atoms with Gasteiger partial charge < -0.3 is 29.7 Å². The van der Waals surface area contributed by atoms with E-state index in [-0.39, 0.29) is 48.3 Å². The molecule has 3 fully saturated rings. The minimum atomic E-state index is -0.642. The Morgan fingerprint density at radius 2 is 1.77 bits per heavy atom. The smallest absolute Gasteiger partial charge is 0.319 e. The van der Waals surface area contributed by atoms with Gasteiger partial charge >= 0.3 is 6.01 Å². The van der Waals surface area contributed by atoms with Gasteiger partial charge in [0.2, 0.25) is 5.91 Å². The number of piperidine rings is 2. The molecule has 214 valence electrons. The van der Waals surface area contributed by atoms with Crippen molar-refractivity contribution in [1.82, 2.24) is 24.7 Å². The average molecular weight is 551 g/mol. The largest absolute Gasteiger partial charge is 0.455 e. The molecule has 5 heterocycles. The number of carbonyl (C=O) groups is 2. The number of hydrogen-bond acceptors (Lipinski definition) is 9. The molecule has 2 N–H and O–H groups in total. The second kappa shape index (κ2) is 11.7. The molecule has 4 aliphatic heterocycles. The van der Waals surface area contributed by atoms with Gasteiger partial charge in [-0.1, -0.05) is 24.3 Å². The number of ether oxygens (including phenoxy) is 2. The van der Waals surface area contributed by atoms with Crippen LogP contribution in [0.15, 0.2) is 30.3 Å². The van der Waals surface area contributed by atoms with Gasteiger partial charge in [0.15, 0.2) is 0 Å². The monoisotopic (exact) mass is 550 g/mol. The van der Waals surface area contributed by atoms with Crippen molar-refractivity contribution >= 4 is 17.6 Å². The molecule has 1 aromatic carbocycles. The van der Waals surface area contributed by atoms with E-state index in [0.29, 0.717) is 45.1 Å². The number of β-amino-alcohol motifs (C(OH)–C–C–N with tert-alkyl or cyclic N) is 1. The van der Waals surface area contributed by atoms with Crippen molar-refractivity contribution in [2.24, 2.45) is 0 Å². The molecule has 0 radical (unpaired) electrons. The fourth-order valence-corrected chi connectivity index (χ4v) is 6.13. The van der Waals surface area contributed by atoms with Crippen LogP contribution in [0.1, 0.15) is 47.8 Å². The Morgan fingerprint density at radius 3 is 2.48 bits per heavy atom. The van der Waals surface area contributed by atoms with Crippen molar-refractivity contribution in [1.29, 1.82) is 0 Å². The van der Waals surface area contributed by atoms with E-state index in [1.54, 1.807) is 17.9 Å². The molecule has 0 unspecified atom stereocenters. The predicted molar refractivity (Wildman–Crippen MR) is 147 cm³/mol. The first kappa shape index (κ1) is 26.9. The molecular formula is C29H38N6O5. The lowest BCUT2D eigenvalue weighted by Gasteiger charge is -2.43. The van der Waals surface area contributed by atoms with Crippen molar-refractivity contribution < 1.29 is 24.2 Å². The summed E-state index contributed by atoms with van der Waals surface area (Å²) in [7, 11) is 0. The summed E-state index contributed by atoms with van der Waals surface area (Å²) < 4.78 is 11.1. The number of aromatic nitrogens is 2. The summed E-state index contributed by atoms with van der Waals surface area (Å²) in [5.74, 6) is 0.369. The third-order valence-corrected chi connectivity index (χ3v) is 8.56. The Hall–Kier alpha value is -3.28. The highest BCUT2D eigenvalue weighted by Gasteiger charge is 2.36. The number of aliphatic hydroxyl groups excluding tert-OH is 1. The minimum absolute atomic E-state index is 0.0124. The number of rotatable bonds is 6. The number of benzene rings is 1. The molecule has 0 aliphatic carbocycles. The third kappa shape index (κ3) is 5.91. The Bertz CT molecular complexity index is 1230. The van der Waals surface area contributed by atoms with Crippen molar-refractivity contribution in [2.45, 2.75) is 63.4 Å². The number of hydrogen-bond donors (Lipinski definition) is 2. The standard InChI is InChI=1S/C29H38N6O5/c1-19(36)33-11-7-22(8-12-33)30-27-14-24(31-29(32-27)40-23-17-39-18-23)28(38)35-13-9-25(26(37)16-35)34-10-6-20-4-2-3-5-21(20)15-34/h2-5,14,22-23,25-26,37H,6-13,15-18H2,1H3,(H,30,31,32)/t25-,26-/m1/s1. The highest BCUT2D eigenvalue weighted by molar-refractivity contribution is 5.93. The van der Waals surface area contributed by atoms with E-state index in [0.717, 1.165) is 32.4 Å². The van der Waals surface area contributed by atoms with Gasteiger partial charge in [0.25, 0.3) is 5.91 Å². The van der Waals surface area contributed by atoms with Gasteiger partial charge in [-0.3, -0.25) is 14.5 Å². The fraction of sp³-hybridized carbons (Fsp3) is 0.586. The molecule has 40 heavy (non-hydrogen) atoms. The second-order valence-corrected chi connectivity index (χ2v) is 11.3. The summed E-state index contributed by atoms with van der Waals surface area (Å²) in [6.07, 6.45) is 2.48. The number of nitrogens with zero attached hydrogens (tertiary/aromatic N) is 5. The zero-order chi connectivity index (χ0) is 27.6. The molecule has 6 rings (SSSR count). The molecular weight excluding hydrogens is 512 g/mol. The zero-order valence-electron chi connectivity index (χ0n) is 23.0. The Kier molecular flexibility index (Phi) is 7.86. The summed E-state index contributed by atoms with van der Waals surface area (Å²) in [5, 5.41) is 14.6. The van der Waals surface area contributed by atoms with Crippen molar-refractivity contribution in [3.63, 3.8) is 0 Å². The van der Waals surface area contributed by atoms with Gasteiger partial charge in [0.05, 0.1) is 19.3 Å². The van der Waals surface area contributed by atoms with E-state index >= 15 is 0 Å². The zero-order valence-corrected chi connectivity index (χ0v) is 23.0. The van der Waals surface area contributed by atoms with E-state index in [1.165, 1.54) is 11.1 Å². The number of amides is 2. The quantitative estimate of drug-likeness (QED) is 0.549. The fourth-order valence-electron chi connectivity index (χ4n) is 6.13. The Balaban J connectivity index is 1.12. The van der Waals surface area contributed by atoms with Gasteiger partial charge in [-0.05, 0) is 36.8 Å². The van der Waals surface area contributed by atoms with E-state index in [2.05, 4.69) is 44.5 Å². The molecule has 11 heteroatoms. The Labute approximate surface area is 234 Å². The molecule has 0 spiro atoms. The van der Waals surface area contributed by atoms with E-state index in [9.17, 15) is 14.7 Å². The van der Waals surface area contributed by atoms with Crippen LogP contribution in [0.3, 0.4) is 0 Å². The third-order valence-electron chi connectivity index (χ3n) is 8.56. The van der Waals surface area contributed by atoms with E-state index < -0.39 is 6.10 Å². The van der Waals surface area contributed by atoms with Crippen LogP contribution in [0, 0.1) is 0 Å². The van der Waals surface area contributed by atoms with Gasteiger partial charge in [-0.15, -0.1) is 0 Å². The topological polar surface area (TPSA) is 120 Å². The molecule has 2 amide bonds.